The van der Waals surface area contributed by atoms with Crippen molar-refractivity contribution >= 4 is 17.5 Å². The molecule has 5 heteroatoms. The third-order valence-corrected chi connectivity index (χ3v) is 4.61. The van der Waals surface area contributed by atoms with E-state index in [4.69, 9.17) is 0 Å². The van der Waals surface area contributed by atoms with Crippen molar-refractivity contribution in [1.82, 2.24) is 5.32 Å². The number of benzene rings is 2. The number of rotatable bonds is 7. The molecule has 0 aliphatic carbocycles. The van der Waals surface area contributed by atoms with E-state index in [0.717, 1.165) is 11.3 Å². The number of anilines is 1. The Morgan fingerprint density at radius 3 is 2.44 bits per heavy atom. The lowest BCUT2D eigenvalue weighted by molar-refractivity contribution is -0.139. The maximum Gasteiger partial charge on any atom is 0.242 e. The van der Waals surface area contributed by atoms with Crippen molar-refractivity contribution < 1.29 is 14.0 Å². The first-order chi connectivity index (χ1) is 12.8. The number of hydrogen-bond acceptors (Lipinski definition) is 2. The number of nitrogens with zero attached hydrogens (tertiary/aromatic N) is 1. The number of hydrogen-bond donors (Lipinski definition) is 1. The van der Waals surface area contributed by atoms with E-state index in [1.807, 2.05) is 38.1 Å². The molecule has 2 amide bonds. The SMILES string of the molecule is CCN(C(=O)C(C)(C)C(=O)NCCc1ccccc1F)c1cccc(C)c1. The van der Waals surface area contributed by atoms with Crippen LogP contribution in [0.15, 0.2) is 48.5 Å². The molecule has 144 valence electrons. The van der Waals surface area contributed by atoms with Crippen molar-refractivity contribution in [1.29, 1.82) is 0 Å². The fourth-order valence-corrected chi connectivity index (χ4v) is 2.91. The highest BCUT2D eigenvalue weighted by Gasteiger charge is 2.39. The Morgan fingerprint density at radius 2 is 1.81 bits per heavy atom. The molecular formula is C22H27FN2O2. The van der Waals surface area contributed by atoms with Crippen LogP contribution in [0.1, 0.15) is 31.9 Å². The molecule has 2 aromatic carbocycles. The molecule has 1 N–H and O–H groups in total. The minimum absolute atomic E-state index is 0.265. The van der Waals surface area contributed by atoms with Crippen LogP contribution >= 0.6 is 0 Å². The molecule has 0 radical (unpaired) electrons. The molecular weight excluding hydrogens is 343 g/mol. The normalized spacial score (nSPS) is 11.1. The molecule has 0 aromatic heterocycles. The number of carbonyl (C=O) groups excluding carboxylic acids is 2. The van der Waals surface area contributed by atoms with E-state index in [-0.39, 0.29) is 24.2 Å². The van der Waals surface area contributed by atoms with Gasteiger partial charge in [-0.05, 0) is 63.4 Å². The van der Waals surface area contributed by atoms with Gasteiger partial charge in [-0.1, -0.05) is 30.3 Å². The Kier molecular flexibility index (Phi) is 6.72. The van der Waals surface area contributed by atoms with Gasteiger partial charge < -0.3 is 10.2 Å². The third kappa shape index (κ3) is 4.94. The molecule has 0 fully saturated rings. The van der Waals surface area contributed by atoms with Gasteiger partial charge in [0.25, 0.3) is 0 Å². The summed E-state index contributed by atoms with van der Waals surface area (Å²) in [4.78, 5) is 27.3. The van der Waals surface area contributed by atoms with Crippen LogP contribution in [0.4, 0.5) is 10.1 Å². The molecule has 0 saturated heterocycles. The summed E-state index contributed by atoms with van der Waals surface area (Å²) in [5, 5.41) is 2.77. The maximum absolute atomic E-state index is 13.7. The topological polar surface area (TPSA) is 49.4 Å². The van der Waals surface area contributed by atoms with E-state index in [2.05, 4.69) is 5.32 Å². The molecule has 4 nitrogen and oxygen atoms in total. The highest BCUT2D eigenvalue weighted by molar-refractivity contribution is 6.11. The van der Waals surface area contributed by atoms with Crippen LogP contribution in [-0.4, -0.2) is 24.9 Å². The van der Waals surface area contributed by atoms with E-state index >= 15 is 0 Å². The summed E-state index contributed by atoms with van der Waals surface area (Å²) in [5.74, 6) is -0.923. The predicted molar refractivity (Wildman–Crippen MR) is 106 cm³/mol. The number of carbonyl (C=O) groups is 2. The fraction of sp³-hybridized carbons (Fsp3) is 0.364. The fourth-order valence-electron chi connectivity index (χ4n) is 2.91. The maximum atomic E-state index is 13.7. The largest absolute Gasteiger partial charge is 0.355 e. The zero-order valence-electron chi connectivity index (χ0n) is 16.4. The van der Waals surface area contributed by atoms with Crippen molar-refractivity contribution in [2.24, 2.45) is 5.41 Å². The van der Waals surface area contributed by atoms with Crippen LogP contribution in [0.3, 0.4) is 0 Å². The Bertz CT molecular complexity index is 817. The molecule has 0 spiro atoms. The van der Waals surface area contributed by atoms with E-state index < -0.39 is 5.41 Å². The first kappa shape index (κ1) is 20.6. The van der Waals surface area contributed by atoms with Crippen LogP contribution < -0.4 is 10.2 Å². The smallest absolute Gasteiger partial charge is 0.242 e. The summed E-state index contributed by atoms with van der Waals surface area (Å²) in [6.07, 6.45) is 0.373. The van der Waals surface area contributed by atoms with Gasteiger partial charge in [0.2, 0.25) is 11.8 Å². The Balaban J connectivity index is 2.05. The summed E-state index contributed by atoms with van der Waals surface area (Å²) in [6.45, 7) is 7.81. The summed E-state index contributed by atoms with van der Waals surface area (Å²) < 4.78 is 13.7. The average molecular weight is 370 g/mol. The van der Waals surface area contributed by atoms with Crippen LogP contribution in [0.5, 0.6) is 0 Å². The predicted octanol–water partition coefficient (Wildman–Crippen LogP) is 3.87. The van der Waals surface area contributed by atoms with Gasteiger partial charge in [-0.2, -0.15) is 0 Å². The van der Waals surface area contributed by atoms with Crippen molar-refractivity contribution in [3.05, 3.63) is 65.5 Å². The molecule has 0 bridgehead atoms. The zero-order chi connectivity index (χ0) is 20.0. The van der Waals surface area contributed by atoms with Crippen molar-refractivity contribution in [2.45, 2.75) is 34.1 Å². The first-order valence-corrected chi connectivity index (χ1v) is 9.17. The average Bonchev–Trinajstić information content (AvgIpc) is 2.63. The van der Waals surface area contributed by atoms with Gasteiger partial charge in [-0.15, -0.1) is 0 Å². The number of aryl methyl sites for hydroxylation is 1. The second-order valence-electron chi connectivity index (χ2n) is 7.11. The minimum Gasteiger partial charge on any atom is -0.355 e. The molecule has 2 aromatic rings. The van der Waals surface area contributed by atoms with Crippen LogP contribution in [-0.2, 0) is 16.0 Å². The molecule has 2 rings (SSSR count). The van der Waals surface area contributed by atoms with Crippen LogP contribution in [0.25, 0.3) is 0 Å². The van der Waals surface area contributed by atoms with Gasteiger partial charge in [0, 0.05) is 18.8 Å². The Hall–Kier alpha value is -2.69. The highest BCUT2D eigenvalue weighted by atomic mass is 19.1. The van der Waals surface area contributed by atoms with Gasteiger partial charge >= 0.3 is 0 Å². The monoisotopic (exact) mass is 370 g/mol. The molecule has 0 heterocycles. The zero-order valence-corrected chi connectivity index (χ0v) is 16.4. The third-order valence-electron chi connectivity index (χ3n) is 4.61. The molecule has 0 aliphatic rings. The number of halogens is 1. The summed E-state index contributed by atoms with van der Waals surface area (Å²) in [5.41, 5.74) is 1.13. The van der Waals surface area contributed by atoms with E-state index in [1.54, 1.807) is 36.9 Å². The summed E-state index contributed by atoms with van der Waals surface area (Å²) in [6, 6.07) is 14.1. The second-order valence-corrected chi connectivity index (χ2v) is 7.11. The lowest BCUT2D eigenvalue weighted by Crippen LogP contribution is -2.50. The lowest BCUT2D eigenvalue weighted by Gasteiger charge is -2.30. The van der Waals surface area contributed by atoms with Gasteiger partial charge in [0.05, 0.1) is 0 Å². The summed E-state index contributed by atoms with van der Waals surface area (Å²) in [7, 11) is 0. The van der Waals surface area contributed by atoms with Crippen molar-refractivity contribution in [3.63, 3.8) is 0 Å². The molecule has 0 aliphatic heterocycles. The van der Waals surface area contributed by atoms with Crippen LogP contribution in [0, 0.1) is 18.2 Å². The Labute approximate surface area is 160 Å². The Morgan fingerprint density at radius 1 is 1.11 bits per heavy atom. The van der Waals surface area contributed by atoms with Gasteiger partial charge in [-0.25, -0.2) is 4.39 Å². The molecule has 27 heavy (non-hydrogen) atoms. The summed E-state index contributed by atoms with van der Waals surface area (Å²) >= 11 is 0. The van der Waals surface area contributed by atoms with Crippen molar-refractivity contribution in [2.75, 3.05) is 18.0 Å². The number of nitrogens with one attached hydrogen (secondary N) is 1. The van der Waals surface area contributed by atoms with Crippen LogP contribution in [0.2, 0.25) is 0 Å². The van der Waals surface area contributed by atoms with Crippen molar-refractivity contribution in [3.8, 4) is 0 Å². The van der Waals surface area contributed by atoms with Gasteiger partial charge in [0.15, 0.2) is 0 Å². The molecule has 0 atom stereocenters. The van der Waals surface area contributed by atoms with E-state index in [9.17, 15) is 14.0 Å². The quantitative estimate of drug-likeness (QED) is 0.752. The van der Waals surface area contributed by atoms with E-state index in [1.165, 1.54) is 6.07 Å². The number of amides is 2. The molecule has 0 saturated carbocycles. The van der Waals surface area contributed by atoms with E-state index in [0.29, 0.717) is 18.5 Å². The molecule has 0 unspecified atom stereocenters. The van der Waals surface area contributed by atoms with Gasteiger partial charge in [-0.3, -0.25) is 9.59 Å². The lowest BCUT2D eigenvalue weighted by atomic mass is 9.89. The highest BCUT2D eigenvalue weighted by Crippen LogP contribution is 2.25. The van der Waals surface area contributed by atoms with Gasteiger partial charge in [0.1, 0.15) is 11.2 Å². The second kappa shape index (κ2) is 8.80. The standard InChI is InChI=1S/C22H27FN2O2/c1-5-25(18-11-8-9-16(2)15-18)21(27)22(3,4)20(26)24-14-13-17-10-6-7-12-19(17)23/h6-12,15H,5,13-14H2,1-4H3,(H,24,26). The minimum atomic E-state index is -1.23. The first-order valence-electron chi connectivity index (χ1n) is 9.17.